The Morgan fingerprint density at radius 1 is 0.645 bits per heavy atom. The van der Waals surface area contributed by atoms with Gasteiger partial charge in [-0.05, 0) is 73.6 Å². The van der Waals surface area contributed by atoms with Crippen molar-refractivity contribution in [1.82, 2.24) is 0 Å². The van der Waals surface area contributed by atoms with Crippen LogP contribution in [0.15, 0.2) is 0 Å². The van der Waals surface area contributed by atoms with Gasteiger partial charge in [0.15, 0.2) is 0 Å². The summed E-state index contributed by atoms with van der Waals surface area (Å²) in [6.07, 6.45) is 16.3. The fourth-order valence-corrected chi connectivity index (χ4v) is 3.97. The zero-order valence-corrected chi connectivity index (χ0v) is 22.2. The van der Waals surface area contributed by atoms with Crippen molar-refractivity contribution in [3.63, 3.8) is 0 Å². The van der Waals surface area contributed by atoms with Crippen LogP contribution in [0.3, 0.4) is 0 Å². The Balaban J connectivity index is 4.47. The van der Waals surface area contributed by atoms with Gasteiger partial charge in [0.05, 0.1) is 30.5 Å². The molecule has 0 fully saturated rings. The van der Waals surface area contributed by atoms with Crippen molar-refractivity contribution >= 4 is 5.97 Å². The molecule has 0 heterocycles. The standard InChI is InChI=1S/C27H54O4/c1-9-10-11-15-18-23(30-26(2,3)4)21-22-24(31-27(5,6)7)19-16-13-12-14-17-20-25(28)29-8/h23-24H,9-22H2,1-8H3. The third kappa shape index (κ3) is 21.0. The molecule has 0 amide bonds. The number of carbonyl (C=O) groups is 1. The molecule has 0 bridgehead atoms. The molecule has 0 aliphatic carbocycles. The van der Waals surface area contributed by atoms with Crippen LogP contribution in [0.1, 0.15) is 138 Å². The van der Waals surface area contributed by atoms with E-state index in [1.807, 2.05) is 0 Å². The molecular weight excluding hydrogens is 388 g/mol. The summed E-state index contributed by atoms with van der Waals surface area (Å²) >= 11 is 0. The first-order valence-corrected chi connectivity index (χ1v) is 12.9. The van der Waals surface area contributed by atoms with Crippen molar-refractivity contribution in [2.45, 2.75) is 162 Å². The summed E-state index contributed by atoms with van der Waals surface area (Å²) in [5, 5.41) is 0. The van der Waals surface area contributed by atoms with Gasteiger partial charge in [0.25, 0.3) is 0 Å². The van der Waals surface area contributed by atoms with Crippen molar-refractivity contribution in [2.75, 3.05) is 7.11 Å². The Hall–Kier alpha value is -0.610. The number of carbonyl (C=O) groups excluding carboxylic acids is 1. The maximum Gasteiger partial charge on any atom is 0.305 e. The average Bonchev–Trinajstić information content (AvgIpc) is 2.65. The summed E-state index contributed by atoms with van der Waals surface area (Å²) in [7, 11) is 1.46. The minimum atomic E-state index is -0.118. The Labute approximate surface area is 194 Å². The fourth-order valence-electron chi connectivity index (χ4n) is 3.97. The maximum atomic E-state index is 11.2. The third-order valence-electron chi connectivity index (χ3n) is 5.37. The topological polar surface area (TPSA) is 44.8 Å². The van der Waals surface area contributed by atoms with Crippen molar-refractivity contribution in [1.29, 1.82) is 0 Å². The van der Waals surface area contributed by atoms with E-state index in [0.29, 0.717) is 12.5 Å². The number of esters is 1. The van der Waals surface area contributed by atoms with E-state index < -0.39 is 0 Å². The van der Waals surface area contributed by atoms with Crippen molar-refractivity contribution < 1.29 is 19.0 Å². The number of hydrogen-bond donors (Lipinski definition) is 0. The highest BCUT2D eigenvalue weighted by molar-refractivity contribution is 5.68. The lowest BCUT2D eigenvalue weighted by Gasteiger charge is -2.31. The predicted octanol–water partition coefficient (Wildman–Crippen LogP) is 8.01. The molecule has 0 N–H and O–H groups in total. The van der Waals surface area contributed by atoms with Crippen molar-refractivity contribution in [3.8, 4) is 0 Å². The van der Waals surface area contributed by atoms with Crippen LogP contribution in [0.5, 0.6) is 0 Å². The van der Waals surface area contributed by atoms with Gasteiger partial charge in [0, 0.05) is 6.42 Å². The molecule has 4 heteroatoms. The smallest absolute Gasteiger partial charge is 0.305 e. The monoisotopic (exact) mass is 442 g/mol. The molecular formula is C27H54O4. The number of rotatable bonds is 18. The third-order valence-corrected chi connectivity index (χ3v) is 5.37. The number of unbranched alkanes of at least 4 members (excludes halogenated alkanes) is 7. The molecule has 0 aromatic rings. The van der Waals surface area contributed by atoms with Gasteiger partial charge in [0.1, 0.15) is 0 Å². The van der Waals surface area contributed by atoms with E-state index >= 15 is 0 Å². The van der Waals surface area contributed by atoms with Crippen molar-refractivity contribution in [3.05, 3.63) is 0 Å². The summed E-state index contributed by atoms with van der Waals surface area (Å²) < 4.78 is 17.5. The van der Waals surface area contributed by atoms with E-state index in [1.54, 1.807) is 0 Å². The number of hydrogen-bond acceptors (Lipinski definition) is 4. The largest absolute Gasteiger partial charge is 0.469 e. The lowest BCUT2D eigenvalue weighted by atomic mass is 9.98. The summed E-state index contributed by atoms with van der Waals surface area (Å²) in [6.45, 7) is 15.2. The van der Waals surface area contributed by atoms with Gasteiger partial charge < -0.3 is 14.2 Å². The van der Waals surface area contributed by atoms with E-state index in [9.17, 15) is 4.79 Å². The van der Waals surface area contributed by atoms with Gasteiger partial charge in [-0.15, -0.1) is 0 Å². The van der Waals surface area contributed by atoms with Crippen molar-refractivity contribution in [2.24, 2.45) is 0 Å². The number of ether oxygens (including phenoxy) is 3. The van der Waals surface area contributed by atoms with Crippen LogP contribution in [-0.2, 0) is 19.0 Å². The summed E-state index contributed by atoms with van der Waals surface area (Å²) in [5.41, 5.74) is -0.216. The highest BCUT2D eigenvalue weighted by atomic mass is 16.5. The van der Waals surface area contributed by atoms with Crippen LogP contribution in [0.25, 0.3) is 0 Å². The zero-order chi connectivity index (χ0) is 23.8. The predicted molar refractivity (Wildman–Crippen MR) is 132 cm³/mol. The average molecular weight is 443 g/mol. The molecule has 0 saturated heterocycles. The Bertz CT molecular complexity index is 433. The molecule has 31 heavy (non-hydrogen) atoms. The molecule has 0 aliphatic heterocycles. The quantitative estimate of drug-likeness (QED) is 0.159. The highest BCUT2D eigenvalue weighted by Crippen LogP contribution is 2.25. The normalized spacial score (nSPS) is 14.5. The SMILES string of the molecule is CCCCCCC(CCC(CCCCCCCC(=O)OC)OC(C)(C)C)OC(C)(C)C. The van der Waals surface area contributed by atoms with Gasteiger partial charge in [-0.25, -0.2) is 0 Å². The number of methoxy groups -OCH3 is 1. The van der Waals surface area contributed by atoms with Gasteiger partial charge in [-0.3, -0.25) is 4.79 Å². The van der Waals surface area contributed by atoms with Crippen LogP contribution in [0.4, 0.5) is 0 Å². The second kappa shape index (κ2) is 16.9. The summed E-state index contributed by atoms with van der Waals surface area (Å²) in [5.74, 6) is -0.0969. The summed E-state index contributed by atoms with van der Waals surface area (Å²) in [4.78, 5) is 11.2. The van der Waals surface area contributed by atoms with E-state index in [0.717, 1.165) is 38.5 Å². The summed E-state index contributed by atoms with van der Waals surface area (Å²) in [6, 6.07) is 0. The molecule has 0 aromatic carbocycles. The molecule has 0 aromatic heterocycles. The van der Waals surface area contributed by atoms with E-state index in [-0.39, 0.29) is 23.3 Å². The van der Waals surface area contributed by atoms with E-state index in [1.165, 1.54) is 52.1 Å². The van der Waals surface area contributed by atoms with Crippen LogP contribution in [0.2, 0.25) is 0 Å². The Morgan fingerprint density at radius 2 is 1.06 bits per heavy atom. The van der Waals surface area contributed by atoms with E-state index in [2.05, 4.69) is 48.5 Å². The van der Waals surface area contributed by atoms with E-state index in [4.69, 9.17) is 14.2 Å². The molecule has 2 atom stereocenters. The van der Waals surface area contributed by atoms with Crippen LogP contribution >= 0.6 is 0 Å². The first-order valence-electron chi connectivity index (χ1n) is 12.9. The zero-order valence-electron chi connectivity index (χ0n) is 22.2. The van der Waals surface area contributed by atoms with Crippen LogP contribution < -0.4 is 0 Å². The Morgan fingerprint density at radius 3 is 1.48 bits per heavy atom. The minimum absolute atomic E-state index is 0.0969. The molecule has 0 spiro atoms. The first kappa shape index (κ1) is 30.4. The molecule has 0 saturated carbocycles. The highest BCUT2D eigenvalue weighted by Gasteiger charge is 2.23. The van der Waals surface area contributed by atoms with Crippen LogP contribution in [0, 0.1) is 0 Å². The minimum Gasteiger partial charge on any atom is -0.469 e. The molecule has 186 valence electrons. The van der Waals surface area contributed by atoms with Crippen LogP contribution in [-0.4, -0.2) is 36.5 Å². The van der Waals surface area contributed by atoms with Gasteiger partial charge in [0.2, 0.25) is 0 Å². The molecule has 4 nitrogen and oxygen atoms in total. The molecule has 2 unspecified atom stereocenters. The Kier molecular flexibility index (Phi) is 16.6. The second-order valence-corrected chi connectivity index (χ2v) is 11.0. The molecule has 0 rings (SSSR count). The van der Waals surface area contributed by atoms with Gasteiger partial charge in [-0.1, -0.05) is 58.3 Å². The lowest BCUT2D eigenvalue weighted by molar-refractivity contribution is -0.140. The van der Waals surface area contributed by atoms with Gasteiger partial charge in [-0.2, -0.15) is 0 Å². The maximum absolute atomic E-state index is 11.2. The second-order valence-electron chi connectivity index (χ2n) is 11.0. The first-order chi connectivity index (χ1) is 14.5. The molecule has 0 aliphatic rings. The van der Waals surface area contributed by atoms with Gasteiger partial charge >= 0.3 is 5.97 Å². The molecule has 0 radical (unpaired) electrons. The lowest BCUT2D eigenvalue weighted by Crippen LogP contribution is -2.31. The fraction of sp³-hybridized carbons (Fsp3) is 0.963.